The molecule has 4 rings (SSSR count). The van der Waals surface area contributed by atoms with E-state index in [1.54, 1.807) is 0 Å². The van der Waals surface area contributed by atoms with E-state index in [0.29, 0.717) is 18.0 Å². The van der Waals surface area contributed by atoms with E-state index < -0.39 is 0 Å². The van der Waals surface area contributed by atoms with Gasteiger partial charge >= 0.3 is 0 Å². The van der Waals surface area contributed by atoms with Gasteiger partial charge in [-0.25, -0.2) is 0 Å². The lowest BCUT2D eigenvalue weighted by Crippen LogP contribution is -2.27. The molecule has 4 aromatic rings. The van der Waals surface area contributed by atoms with E-state index in [2.05, 4.69) is 28.5 Å². The lowest BCUT2D eigenvalue weighted by atomic mass is 9.88. The molecule has 3 aromatic carbocycles. The summed E-state index contributed by atoms with van der Waals surface area (Å²) in [7, 11) is 0. The number of rotatable bonds is 7. The average Bonchev–Trinajstić information content (AvgIpc) is 3.17. The Morgan fingerprint density at radius 2 is 1.62 bits per heavy atom. The summed E-state index contributed by atoms with van der Waals surface area (Å²) >= 11 is 6.51. The maximum Gasteiger partial charge on any atom is 0.220 e. The van der Waals surface area contributed by atoms with E-state index in [4.69, 9.17) is 11.6 Å². The Bertz CT molecular complexity index is 1100. The highest BCUT2D eigenvalue weighted by molar-refractivity contribution is 6.31. The molecule has 1 aromatic heterocycles. The van der Waals surface area contributed by atoms with Gasteiger partial charge in [0.25, 0.3) is 0 Å². The van der Waals surface area contributed by atoms with Crippen molar-refractivity contribution in [1.29, 1.82) is 0 Å². The van der Waals surface area contributed by atoms with Crippen molar-refractivity contribution < 1.29 is 4.79 Å². The minimum absolute atomic E-state index is 0.0242. The molecule has 1 heterocycles. The van der Waals surface area contributed by atoms with Crippen LogP contribution >= 0.6 is 11.6 Å². The Kier molecular flexibility index (Phi) is 5.97. The van der Waals surface area contributed by atoms with Crippen LogP contribution in [0, 0.1) is 0 Å². The molecule has 0 bridgehead atoms. The molecule has 0 radical (unpaired) electrons. The molecule has 1 atom stereocenters. The summed E-state index contributed by atoms with van der Waals surface area (Å²) in [6.45, 7) is 0.617. The predicted octanol–water partition coefficient (Wildman–Crippen LogP) is 5.70. The van der Waals surface area contributed by atoms with E-state index in [-0.39, 0.29) is 11.8 Å². The van der Waals surface area contributed by atoms with Crippen molar-refractivity contribution in [2.75, 3.05) is 6.54 Å². The lowest BCUT2D eigenvalue weighted by molar-refractivity contribution is -0.121. The summed E-state index contributed by atoms with van der Waals surface area (Å²) in [4.78, 5) is 16.1. The molecule has 3 nitrogen and oxygen atoms in total. The zero-order valence-corrected chi connectivity index (χ0v) is 16.8. The molecule has 0 aliphatic heterocycles. The molecular formula is C25H23ClN2O. The van der Waals surface area contributed by atoms with Crippen molar-refractivity contribution in [2.45, 2.75) is 18.8 Å². The molecule has 146 valence electrons. The van der Waals surface area contributed by atoms with Crippen LogP contribution in [0.3, 0.4) is 0 Å². The molecule has 2 N–H and O–H groups in total. The fraction of sp³-hybridized carbons (Fsp3) is 0.160. The number of aromatic nitrogens is 1. The Hall–Kier alpha value is -3.04. The first-order valence-corrected chi connectivity index (χ1v) is 10.2. The Labute approximate surface area is 175 Å². The van der Waals surface area contributed by atoms with Crippen LogP contribution in [0.1, 0.15) is 29.0 Å². The first kappa shape index (κ1) is 19.3. The van der Waals surface area contributed by atoms with E-state index in [1.807, 2.05) is 66.9 Å². The van der Waals surface area contributed by atoms with Gasteiger partial charge in [-0.2, -0.15) is 0 Å². The van der Waals surface area contributed by atoms with Crippen molar-refractivity contribution >= 4 is 28.4 Å². The number of benzene rings is 3. The number of carbonyl (C=O) groups excluding carboxylic acids is 1. The van der Waals surface area contributed by atoms with E-state index >= 15 is 0 Å². The highest BCUT2D eigenvalue weighted by atomic mass is 35.5. The number of para-hydroxylation sites is 1. The number of fused-ring (bicyclic) bond motifs is 1. The number of carbonyl (C=O) groups is 1. The second kappa shape index (κ2) is 8.97. The van der Waals surface area contributed by atoms with Gasteiger partial charge in [-0.15, -0.1) is 0 Å². The summed E-state index contributed by atoms with van der Waals surface area (Å²) in [5.74, 6) is -0.0901. The molecule has 0 aliphatic carbocycles. The first-order chi connectivity index (χ1) is 14.2. The third-order valence-electron chi connectivity index (χ3n) is 5.25. The largest absolute Gasteiger partial charge is 0.361 e. The molecule has 4 heteroatoms. The zero-order chi connectivity index (χ0) is 20.1. The fourth-order valence-corrected chi connectivity index (χ4v) is 4.04. The average molecular weight is 403 g/mol. The Balaban J connectivity index is 1.54. The monoisotopic (exact) mass is 402 g/mol. The van der Waals surface area contributed by atoms with Gasteiger partial charge in [-0.3, -0.25) is 4.79 Å². The second-order valence-electron chi connectivity index (χ2n) is 7.15. The van der Waals surface area contributed by atoms with Gasteiger partial charge in [0.15, 0.2) is 0 Å². The highest BCUT2D eigenvalue weighted by Crippen LogP contribution is 2.36. The Morgan fingerprint density at radius 1 is 0.897 bits per heavy atom. The van der Waals surface area contributed by atoms with E-state index in [9.17, 15) is 4.79 Å². The molecule has 0 saturated carbocycles. The third kappa shape index (κ3) is 4.52. The third-order valence-corrected chi connectivity index (χ3v) is 5.59. The van der Waals surface area contributed by atoms with Gasteiger partial charge in [0.1, 0.15) is 0 Å². The van der Waals surface area contributed by atoms with Crippen LogP contribution in [0.25, 0.3) is 10.9 Å². The topological polar surface area (TPSA) is 44.9 Å². The number of nitrogens with one attached hydrogen (secondary N) is 2. The molecular weight excluding hydrogens is 380 g/mol. The fourth-order valence-electron chi connectivity index (χ4n) is 3.78. The molecule has 0 unspecified atom stereocenters. The van der Waals surface area contributed by atoms with Crippen LogP contribution < -0.4 is 5.32 Å². The molecule has 0 fully saturated rings. The number of aromatic amines is 1. The predicted molar refractivity (Wildman–Crippen MR) is 119 cm³/mol. The smallest absolute Gasteiger partial charge is 0.220 e. The molecule has 29 heavy (non-hydrogen) atoms. The van der Waals surface area contributed by atoms with Crippen LogP contribution in [0.5, 0.6) is 0 Å². The summed E-state index contributed by atoms with van der Waals surface area (Å²) < 4.78 is 0. The van der Waals surface area contributed by atoms with Crippen molar-refractivity contribution in [3.05, 3.63) is 107 Å². The van der Waals surface area contributed by atoms with Gasteiger partial charge < -0.3 is 10.3 Å². The van der Waals surface area contributed by atoms with Gasteiger partial charge in [0.2, 0.25) is 5.91 Å². The molecule has 1 amide bonds. The molecule has 0 saturated heterocycles. The van der Waals surface area contributed by atoms with E-state index in [0.717, 1.165) is 28.5 Å². The molecule has 0 spiro atoms. The van der Waals surface area contributed by atoms with Gasteiger partial charge in [0.05, 0.1) is 0 Å². The summed E-state index contributed by atoms with van der Waals surface area (Å²) in [5.41, 5.74) is 4.33. The number of halogens is 1. The van der Waals surface area contributed by atoms with Crippen molar-refractivity contribution in [1.82, 2.24) is 10.3 Å². The zero-order valence-electron chi connectivity index (χ0n) is 16.1. The van der Waals surface area contributed by atoms with Crippen LogP contribution in [0.2, 0.25) is 5.02 Å². The van der Waals surface area contributed by atoms with Crippen LogP contribution in [0.15, 0.2) is 85.1 Å². The minimum Gasteiger partial charge on any atom is -0.361 e. The summed E-state index contributed by atoms with van der Waals surface area (Å²) in [6.07, 6.45) is 3.16. The Morgan fingerprint density at radius 3 is 2.45 bits per heavy atom. The number of amides is 1. The summed E-state index contributed by atoms with van der Waals surface area (Å²) in [6, 6.07) is 26.1. The van der Waals surface area contributed by atoms with Crippen LogP contribution in [0.4, 0.5) is 0 Å². The minimum atomic E-state index is -0.114. The molecule has 0 aliphatic rings. The number of hydrogen-bond acceptors (Lipinski definition) is 1. The first-order valence-electron chi connectivity index (χ1n) is 9.83. The summed E-state index contributed by atoms with van der Waals surface area (Å²) in [5, 5.41) is 4.87. The van der Waals surface area contributed by atoms with Crippen molar-refractivity contribution in [3.63, 3.8) is 0 Å². The second-order valence-corrected chi connectivity index (χ2v) is 7.56. The SMILES string of the molecule is O=C(C[C@@H](c1ccccc1Cl)c1c[nH]c2ccccc12)NCCc1ccccc1. The van der Waals surface area contributed by atoms with Crippen LogP contribution in [-0.2, 0) is 11.2 Å². The van der Waals surface area contributed by atoms with Crippen LogP contribution in [-0.4, -0.2) is 17.4 Å². The maximum absolute atomic E-state index is 12.8. The van der Waals surface area contributed by atoms with E-state index in [1.165, 1.54) is 5.56 Å². The van der Waals surface area contributed by atoms with Gasteiger partial charge in [-0.1, -0.05) is 78.3 Å². The number of hydrogen-bond donors (Lipinski definition) is 2. The van der Waals surface area contributed by atoms with Gasteiger partial charge in [0, 0.05) is 41.0 Å². The maximum atomic E-state index is 12.8. The lowest BCUT2D eigenvalue weighted by Gasteiger charge is -2.18. The quantitative estimate of drug-likeness (QED) is 0.409. The highest BCUT2D eigenvalue weighted by Gasteiger charge is 2.23. The normalized spacial score (nSPS) is 12.0. The van der Waals surface area contributed by atoms with Crippen molar-refractivity contribution in [3.8, 4) is 0 Å². The standard InChI is InChI=1S/C25H23ClN2O/c26-23-12-6-4-10-19(23)21(22-17-28-24-13-7-5-11-20(22)24)16-25(29)27-15-14-18-8-2-1-3-9-18/h1-13,17,21,28H,14-16H2,(H,27,29)/t21-/m0/s1. The number of H-pyrrole nitrogens is 1. The van der Waals surface area contributed by atoms with Gasteiger partial charge in [-0.05, 0) is 35.2 Å². The van der Waals surface area contributed by atoms with Crippen molar-refractivity contribution in [2.24, 2.45) is 0 Å².